The summed E-state index contributed by atoms with van der Waals surface area (Å²) in [5.41, 5.74) is 4.81. The quantitative estimate of drug-likeness (QED) is 0.782. The average Bonchev–Trinajstić information content (AvgIpc) is 2.90. The molecule has 20 heavy (non-hydrogen) atoms. The number of benzene rings is 2. The number of fused-ring (bicyclic) bond motifs is 1. The molecule has 1 aliphatic heterocycles. The summed E-state index contributed by atoms with van der Waals surface area (Å²) in [4.78, 5) is 24.5. The molecule has 0 atom stereocenters. The molecule has 3 rings (SSSR count). The van der Waals surface area contributed by atoms with Gasteiger partial charge in [-0.1, -0.05) is 30.3 Å². The maximum atomic E-state index is 11.5. The molecule has 0 radical (unpaired) electrons. The van der Waals surface area contributed by atoms with E-state index in [4.69, 9.17) is 0 Å². The van der Waals surface area contributed by atoms with Crippen molar-refractivity contribution in [3.05, 3.63) is 53.6 Å². The van der Waals surface area contributed by atoms with Gasteiger partial charge in [0, 0.05) is 24.7 Å². The maximum Gasteiger partial charge on any atom is 0.223 e. The molecular weight excluding hydrogens is 250 g/mol. The molecule has 0 aliphatic carbocycles. The van der Waals surface area contributed by atoms with Crippen LogP contribution in [0.4, 0.5) is 5.69 Å². The zero-order chi connectivity index (χ0) is 14.1. The first-order chi connectivity index (χ1) is 9.70. The van der Waals surface area contributed by atoms with E-state index in [1.165, 1.54) is 5.56 Å². The number of anilines is 1. The van der Waals surface area contributed by atoms with Gasteiger partial charge in [-0.15, -0.1) is 0 Å². The molecule has 0 saturated heterocycles. The molecule has 100 valence electrons. The lowest BCUT2D eigenvalue weighted by Gasteiger charge is -2.15. The Labute approximate surface area is 117 Å². The van der Waals surface area contributed by atoms with E-state index in [1.54, 1.807) is 11.8 Å². The lowest BCUT2D eigenvalue weighted by atomic mass is 9.98. The first-order valence-electron chi connectivity index (χ1n) is 6.66. The fourth-order valence-electron chi connectivity index (χ4n) is 2.76. The van der Waals surface area contributed by atoms with Gasteiger partial charge in [-0.25, -0.2) is 0 Å². The minimum atomic E-state index is 0.0739. The summed E-state index contributed by atoms with van der Waals surface area (Å²) in [7, 11) is 0. The van der Waals surface area contributed by atoms with Crippen molar-refractivity contribution >= 4 is 17.9 Å². The van der Waals surface area contributed by atoms with Crippen LogP contribution in [0.2, 0.25) is 0 Å². The highest BCUT2D eigenvalue weighted by Crippen LogP contribution is 2.33. The number of hydrogen-bond donors (Lipinski definition) is 0. The molecule has 0 saturated carbocycles. The summed E-state index contributed by atoms with van der Waals surface area (Å²) in [6.45, 7) is 2.33. The van der Waals surface area contributed by atoms with Gasteiger partial charge in [-0.3, -0.25) is 9.59 Å². The van der Waals surface area contributed by atoms with Gasteiger partial charge in [-0.05, 0) is 35.2 Å². The van der Waals surface area contributed by atoms with Gasteiger partial charge in [0.05, 0.1) is 0 Å². The third-order valence-electron chi connectivity index (χ3n) is 3.75. The van der Waals surface area contributed by atoms with Crippen molar-refractivity contribution in [3.8, 4) is 11.1 Å². The molecule has 1 amide bonds. The SMILES string of the molecule is CC(=O)N1CCc2cc(-c3ccccc3C=O)ccc21. The van der Waals surface area contributed by atoms with E-state index in [2.05, 4.69) is 6.07 Å². The topological polar surface area (TPSA) is 37.4 Å². The molecular formula is C17H15NO2. The average molecular weight is 265 g/mol. The van der Waals surface area contributed by atoms with Crippen LogP contribution in [0.25, 0.3) is 11.1 Å². The maximum absolute atomic E-state index is 11.5. The molecule has 3 heteroatoms. The molecule has 0 bridgehead atoms. The first kappa shape index (κ1) is 12.6. The van der Waals surface area contributed by atoms with Crippen LogP contribution in [0.3, 0.4) is 0 Å². The summed E-state index contributed by atoms with van der Waals surface area (Å²) < 4.78 is 0. The monoisotopic (exact) mass is 265 g/mol. The number of amides is 1. The van der Waals surface area contributed by atoms with Crippen LogP contribution in [0, 0.1) is 0 Å². The Morgan fingerprint density at radius 1 is 1.20 bits per heavy atom. The van der Waals surface area contributed by atoms with Crippen LogP contribution in [0.15, 0.2) is 42.5 Å². The molecule has 1 heterocycles. The number of hydrogen-bond acceptors (Lipinski definition) is 2. The van der Waals surface area contributed by atoms with Crippen molar-refractivity contribution in [2.24, 2.45) is 0 Å². The minimum Gasteiger partial charge on any atom is -0.312 e. The zero-order valence-corrected chi connectivity index (χ0v) is 11.3. The third kappa shape index (κ3) is 2.01. The van der Waals surface area contributed by atoms with E-state index < -0.39 is 0 Å². The second kappa shape index (κ2) is 4.93. The van der Waals surface area contributed by atoms with Crippen LogP contribution >= 0.6 is 0 Å². The van der Waals surface area contributed by atoms with Gasteiger partial charge in [0.15, 0.2) is 6.29 Å². The summed E-state index contributed by atoms with van der Waals surface area (Å²) >= 11 is 0. The lowest BCUT2D eigenvalue weighted by molar-refractivity contribution is -0.116. The van der Waals surface area contributed by atoms with Crippen LogP contribution in [0.5, 0.6) is 0 Å². The van der Waals surface area contributed by atoms with Crippen LogP contribution in [-0.2, 0) is 11.2 Å². The Balaban J connectivity index is 2.06. The highest BCUT2D eigenvalue weighted by atomic mass is 16.2. The van der Waals surface area contributed by atoms with Crippen molar-refractivity contribution in [1.29, 1.82) is 0 Å². The van der Waals surface area contributed by atoms with Crippen molar-refractivity contribution in [3.63, 3.8) is 0 Å². The number of carbonyl (C=O) groups is 2. The van der Waals surface area contributed by atoms with Crippen molar-refractivity contribution in [1.82, 2.24) is 0 Å². The molecule has 0 unspecified atom stereocenters. The molecule has 0 N–H and O–H groups in total. The number of carbonyl (C=O) groups excluding carboxylic acids is 2. The lowest BCUT2D eigenvalue weighted by Crippen LogP contribution is -2.25. The molecule has 0 aromatic heterocycles. The normalized spacial score (nSPS) is 13.2. The van der Waals surface area contributed by atoms with Crippen LogP contribution < -0.4 is 4.90 Å². The second-order valence-corrected chi connectivity index (χ2v) is 4.97. The summed E-state index contributed by atoms with van der Waals surface area (Å²) in [6.07, 6.45) is 1.75. The van der Waals surface area contributed by atoms with Crippen molar-refractivity contribution in [2.75, 3.05) is 11.4 Å². The van der Waals surface area contributed by atoms with E-state index >= 15 is 0 Å². The minimum absolute atomic E-state index is 0.0739. The summed E-state index contributed by atoms with van der Waals surface area (Å²) in [5, 5.41) is 0. The Morgan fingerprint density at radius 3 is 2.75 bits per heavy atom. The van der Waals surface area contributed by atoms with Gasteiger partial charge in [0.2, 0.25) is 5.91 Å². The van der Waals surface area contributed by atoms with E-state index in [1.807, 2.05) is 36.4 Å². The largest absolute Gasteiger partial charge is 0.312 e. The van der Waals surface area contributed by atoms with Crippen LogP contribution in [-0.4, -0.2) is 18.7 Å². The van der Waals surface area contributed by atoms with Gasteiger partial charge >= 0.3 is 0 Å². The Hall–Kier alpha value is -2.42. The Kier molecular flexibility index (Phi) is 3.11. The molecule has 2 aromatic rings. The predicted molar refractivity (Wildman–Crippen MR) is 79.0 cm³/mol. The molecule has 3 nitrogen and oxygen atoms in total. The van der Waals surface area contributed by atoms with Crippen LogP contribution in [0.1, 0.15) is 22.8 Å². The Morgan fingerprint density at radius 2 is 2.00 bits per heavy atom. The Bertz CT molecular complexity index is 691. The number of rotatable bonds is 2. The summed E-state index contributed by atoms with van der Waals surface area (Å²) in [5.74, 6) is 0.0739. The van der Waals surface area contributed by atoms with E-state index in [0.717, 1.165) is 36.1 Å². The zero-order valence-electron chi connectivity index (χ0n) is 11.3. The predicted octanol–water partition coefficient (Wildman–Crippen LogP) is 3.08. The number of aldehydes is 1. The van der Waals surface area contributed by atoms with Gasteiger partial charge < -0.3 is 4.90 Å². The van der Waals surface area contributed by atoms with E-state index in [-0.39, 0.29) is 5.91 Å². The third-order valence-corrected chi connectivity index (χ3v) is 3.75. The standard InChI is InChI=1S/C17H15NO2/c1-12(20)18-9-8-14-10-13(6-7-17(14)18)16-5-3-2-4-15(16)11-19/h2-7,10-11H,8-9H2,1H3. The second-order valence-electron chi connectivity index (χ2n) is 4.97. The fraction of sp³-hybridized carbons (Fsp3) is 0.176. The molecule has 0 spiro atoms. The fourth-order valence-corrected chi connectivity index (χ4v) is 2.76. The number of nitrogens with zero attached hydrogens (tertiary/aromatic N) is 1. The van der Waals surface area contributed by atoms with Gasteiger partial charge in [0.1, 0.15) is 0 Å². The van der Waals surface area contributed by atoms with Crippen molar-refractivity contribution < 1.29 is 9.59 Å². The highest BCUT2D eigenvalue weighted by molar-refractivity contribution is 5.95. The van der Waals surface area contributed by atoms with Crippen molar-refractivity contribution in [2.45, 2.75) is 13.3 Å². The van der Waals surface area contributed by atoms with E-state index in [9.17, 15) is 9.59 Å². The van der Waals surface area contributed by atoms with Gasteiger partial charge in [-0.2, -0.15) is 0 Å². The first-order valence-corrected chi connectivity index (χ1v) is 6.66. The smallest absolute Gasteiger partial charge is 0.223 e. The summed E-state index contributed by atoms with van der Waals surface area (Å²) in [6, 6.07) is 13.6. The molecule has 0 fully saturated rings. The molecule has 2 aromatic carbocycles. The van der Waals surface area contributed by atoms with E-state index in [0.29, 0.717) is 5.56 Å². The molecule has 1 aliphatic rings. The van der Waals surface area contributed by atoms with Gasteiger partial charge in [0.25, 0.3) is 0 Å². The highest BCUT2D eigenvalue weighted by Gasteiger charge is 2.22.